The largest absolute Gasteiger partial charge is 0.489 e. The maximum absolute atomic E-state index is 12.1. The van der Waals surface area contributed by atoms with Gasteiger partial charge in [0.2, 0.25) is 5.78 Å². The van der Waals surface area contributed by atoms with Crippen LogP contribution in [-0.4, -0.2) is 23.0 Å². The average Bonchev–Trinajstić information content (AvgIpc) is 2.98. The molecule has 0 radical (unpaired) electrons. The minimum Gasteiger partial charge on any atom is -0.489 e. The predicted molar refractivity (Wildman–Crippen MR) is 150 cm³/mol. The molecular weight excluding hydrogens is 533 g/mol. The van der Waals surface area contributed by atoms with Crippen LogP contribution in [0.25, 0.3) is 0 Å². The zero-order valence-corrected chi connectivity index (χ0v) is 22.3. The molecule has 0 atom stereocenters. The van der Waals surface area contributed by atoms with E-state index in [9.17, 15) is 22.8 Å². The number of carbonyl (C=O) groups is 2. The van der Waals surface area contributed by atoms with Crippen molar-refractivity contribution in [3.63, 3.8) is 0 Å². The predicted octanol–water partition coefficient (Wildman–Crippen LogP) is 7.61. The van der Waals surface area contributed by atoms with Crippen molar-refractivity contribution in [2.24, 2.45) is 0 Å². The molecule has 0 heterocycles. The summed E-state index contributed by atoms with van der Waals surface area (Å²) in [6.07, 6.45) is -4.51. The molecule has 0 spiro atoms. The monoisotopic (exact) mass is 564 g/mol. The third kappa shape index (κ3) is 12.0. The molecule has 4 aromatic carbocycles. The fourth-order valence-corrected chi connectivity index (χ4v) is 3.64. The van der Waals surface area contributed by atoms with E-state index < -0.39 is 24.3 Å². The fraction of sp³-hybridized carbons (Fsp3) is 0.212. The number of rotatable bonds is 12. The van der Waals surface area contributed by atoms with Gasteiger partial charge in [0.15, 0.2) is 0 Å². The SMILES string of the molecule is O=C(CCc1ccc(OCc2ccccc2)cc1)C(F)(F)F.O=C(O)CCc1ccc(OCc2ccccc2)cc1. The number of ketones is 1. The number of ether oxygens (including phenoxy) is 2. The van der Waals surface area contributed by atoms with Crippen molar-refractivity contribution in [3.05, 3.63) is 131 Å². The van der Waals surface area contributed by atoms with E-state index in [4.69, 9.17) is 14.6 Å². The maximum atomic E-state index is 12.1. The molecule has 0 aliphatic heterocycles. The number of benzene rings is 4. The van der Waals surface area contributed by atoms with Crippen molar-refractivity contribution in [2.75, 3.05) is 0 Å². The smallest absolute Gasteiger partial charge is 0.449 e. The lowest BCUT2D eigenvalue weighted by molar-refractivity contribution is -0.171. The summed E-state index contributed by atoms with van der Waals surface area (Å²) in [5.41, 5.74) is 3.83. The van der Waals surface area contributed by atoms with E-state index in [-0.39, 0.29) is 12.8 Å². The molecule has 0 bridgehead atoms. The van der Waals surface area contributed by atoms with E-state index in [2.05, 4.69) is 0 Å². The van der Waals surface area contributed by atoms with Crippen molar-refractivity contribution < 1.29 is 37.3 Å². The molecule has 0 aliphatic carbocycles. The number of aliphatic carboxylic acids is 1. The first-order valence-corrected chi connectivity index (χ1v) is 13.0. The van der Waals surface area contributed by atoms with Crippen LogP contribution < -0.4 is 9.47 Å². The van der Waals surface area contributed by atoms with Crippen LogP contribution >= 0.6 is 0 Å². The molecule has 0 aromatic heterocycles. The van der Waals surface area contributed by atoms with E-state index in [1.165, 1.54) is 0 Å². The van der Waals surface area contributed by atoms with Gasteiger partial charge in [0, 0.05) is 12.8 Å². The Morgan fingerprint density at radius 1 is 0.561 bits per heavy atom. The number of alkyl halides is 3. The van der Waals surface area contributed by atoms with Gasteiger partial charge in [-0.3, -0.25) is 9.59 Å². The number of carboxylic acids is 1. The maximum Gasteiger partial charge on any atom is 0.449 e. The lowest BCUT2D eigenvalue weighted by Crippen LogP contribution is -2.22. The van der Waals surface area contributed by atoms with Gasteiger partial charge in [-0.25, -0.2) is 0 Å². The van der Waals surface area contributed by atoms with Crippen molar-refractivity contribution in [2.45, 2.75) is 45.1 Å². The Kier molecular flexibility index (Phi) is 12.0. The molecule has 214 valence electrons. The molecule has 0 saturated heterocycles. The highest BCUT2D eigenvalue weighted by atomic mass is 19.4. The second-order valence-electron chi connectivity index (χ2n) is 9.15. The fourth-order valence-electron chi connectivity index (χ4n) is 3.64. The highest BCUT2D eigenvalue weighted by molar-refractivity contribution is 5.84. The zero-order valence-electron chi connectivity index (χ0n) is 22.3. The number of halogens is 3. The van der Waals surface area contributed by atoms with Crippen LogP contribution in [0, 0.1) is 0 Å². The Morgan fingerprint density at radius 3 is 1.32 bits per heavy atom. The number of aryl methyl sites for hydroxylation is 2. The Labute approximate surface area is 237 Å². The van der Waals surface area contributed by atoms with E-state index in [0.29, 0.717) is 30.9 Å². The van der Waals surface area contributed by atoms with E-state index in [1.807, 2.05) is 84.9 Å². The molecule has 5 nitrogen and oxygen atoms in total. The first-order valence-electron chi connectivity index (χ1n) is 13.0. The van der Waals surface area contributed by atoms with Crippen molar-refractivity contribution in [1.82, 2.24) is 0 Å². The quantitative estimate of drug-likeness (QED) is 0.192. The number of hydrogen-bond donors (Lipinski definition) is 1. The summed E-state index contributed by atoms with van der Waals surface area (Å²) >= 11 is 0. The molecule has 8 heteroatoms. The normalized spacial score (nSPS) is 10.7. The minimum absolute atomic E-state index is 0.0668. The Morgan fingerprint density at radius 2 is 0.951 bits per heavy atom. The van der Waals surface area contributed by atoms with Crippen LogP contribution in [0.2, 0.25) is 0 Å². The van der Waals surface area contributed by atoms with Crippen molar-refractivity contribution >= 4 is 11.8 Å². The van der Waals surface area contributed by atoms with E-state index in [1.54, 1.807) is 24.3 Å². The molecule has 0 saturated carbocycles. The number of carboxylic acid groups (broad SMARTS) is 1. The summed E-state index contributed by atoms with van der Waals surface area (Å²) in [7, 11) is 0. The molecule has 0 fully saturated rings. The van der Waals surface area contributed by atoms with Crippen LogP contribution in [-0.2, 0) is 35.6 Å². The summed E-state index contributed by atoms with van der Waals surface area (Å²) < 4.78 is 47.6. The number of Topliss-reactive ketones (excluding diaryl/α,β-unsaturated/α-hetero) is 1. The van der Waals surface area contributed by atoms with Gasteiger partial charge in [-0.2, -0.15) is 13.2 Å². The average molecular weight is 565 g/mol. The molecule has 4 aromatic rings. The number of hydrogen-bond acceptors (Lipinski definition) is 4. The standard InChI is InChI=1S/C17H15F3O2.C16H16O3/c18-17(19,20)16(21)11-8-13-6-9-15(10-7-13)22-12-14-4-2-1-3-5-14;17-16(18)11-8-13-6-9-15(10-7-13)19-12-14-4-2-1-3-5-14/h1-7,9-10H,8,11-12H2;1-7,9-10H,8,11-12H2,(H,17,18). The molecule has 41 heavy (non-hydrogen) atoms. The summed E-state index contributed by atoms with van der Waals surface area (Å²) in [5, 5.41) is 8.61. The van der Waals surface area contributed by atoms with Crippen LogP contribution in [0.15, 0.2) is 109 Å². The second-order valence-corrected chi connectivity index (χ2v) is 9.15. The van der Waals surface area contributed by atoms with Crippen LogP contribution in [0.3, 0.4) is 0 Å². The summed E-state index contributed by atoms with van der Waals surface area (Å²) in [6.45, 7) is 0.960. The Bertz CT molecular complexity index is 1340. The van der Waals surface area contributed by atoms with Gasteiger partial charge in [0.05, 0.1) is 0 Å². The first kappa shape index (κ1) is 30.9. The van der Waals surface area contributed by atoms with Crippen LogP contribution in [0.4, 0.5) is 13.2 Å². The van der Waals surface area contributed by atoms with Crippen molar-refractivity contribution in [3.8, 4) is 11.5 Å². The lowest BCUT2D eigenvalue weighted by Gasteiger charge is -2.08. The Hall–Kier alpha value is -4.59. The van der Waals surface area contributed by atoms with Gasteiger partial charge in [0.25, 0.3) is 0 Å². The van der Waals surface area contributed by atoms with Crippen LogP contribution in [0.1, 0.15) is 35.1 Å². The van der Waals surface area contributed by atoms with Crippen LogP contribution in [0.5, 0.6) is 11.5 Å². The van der Waals surface area contributed by atoms with Gasteiger partial charge in [-0.1, -0.05) is 84.9 Å². The van der Waals surface area contributed by atoms with E-state index >= 15 is 0 Å². The third-order valence-electron chi connectivity index (χ3n) is 5.93. The van der Waals surface area contributed by atoms with Crippen molar-refractivity contribution in [1.29, 1.82) is 0 Å². The van der Waals surface area contributed by atoms with Gasteiger partial charge < -0.3 is 14.6 Å². The highest BCUT2D eigenvalue weighted by Crippen LogP contribution is 2.20. The summed E-state index contributed by atoms with van der Waals surface area (Å²) in [4.78, 5) is 21.3. The van der Waals surface area contributed by atoms with Gasteiger partial charge in [-0.05, 0) is 59.4 Å². The first-order chi connectivity index (χ1) is 19.7. The van der Waals surface area contributed by atoms with E-state index in [0.717, 1.165) is 22.4 Å². The molecule has 4 rings (SSSR count). The molecule has 1 N–H and O–H groups in total. The molecular formula is C33H31F3O5. The second kappa shape index (κ2) is 15.9. The van der Waals surface area contributed by atoms with Gasteiger partial charge in [0.1, 0.15) is 24.7 Å². The molecule has 0 amide bonds. The topological polar surface area (TPSA) is 72.8 Å². The lowest BCUT2D eigenvalue weighted by atomic mass is 10.1. The van der Waals surface area contributed by atoms with Gasteiger partial charge >= 0.3 is 12.1 Å². The zero-order chi connectivity index (χ0) is 29.5. The summed E-state index contributed by atoms with van der Waals surface area (Å²) in [6, 6.07) is 33.9. The number of carbonyl (C=O) groups excluding carboxylic acids is 1. The minimum atomic E-state index is -4.75. The Balaban J connectivity index is 0.000000228. The molecule has 0 aliphatic rings. The third-order valence-corrected chi connectivity index (χ3v) is 5.93. The van der Waals surface area contributed by atoms with Gasteiger partial charge in [-0.15, -0.1) is 0 Å². The summed E-state index contributed by atoms with van der Waals surface area (Å²) in [5.74, 6) is -1.04. The molecule has 0 unspecified atom stereocenters. The highest BCUT2D eigenvalue weighted by Gasteiger charge is 2.37.